The van der Waals surface area contributed by atoms with Gasteiger partial charge in [0.05, 0.1) is 22.5 Å². The Bertz CT molecular complexity index is 740. The predicted molar refractivity (Wildman–Crippen MR) is 144 cm³/mol. The van der Waals surface area contributed by atoms with Crippen molar-refractivity contribution >= 4 is 16.1 Å². The maximum atomic E-state index is 11.9. The topological polar surface area (TPSA) is 183 Å². The molecule has 0 saturated carbocycles. The molecule has 1 rings (SSSR count). The first-order chi connectivity index (χ1) is 18.5. The van der Waals surface area contributed by atoms with Gasteiger partial charge in [-0.2, -0.15) is 0 Å². The smallest absolute Gasteiger partial charge is 0.748 e. The summed E-state index contributed by atoms with van der Waals surface area (Å²) in [5.74, 6) is -1.57. The number of hydrogen-bond donors (Lipinski definition) is 4. The van der Waals surface area contributed by atoms with Gasteiger partial charge < -0.3 is 39.2 Å². The molecule has 1 saturated heterocycles. The van der Waals surface area contributed by atoms with E-state index in [2.05, 4.69) is 6.92 Å². The molecule has 1 heterocycles. The van der Waals surface area contributed by atoms with Gasteiger partial charge in [-0.1, -0.05) is 96.8 Å². The van der Waals surface area contributed by atoms with E-state index in [1.807, 2.05) is 0 Å². The third kappa shape index (κ3) is 19.4. The standard InChI is InChI=1S/C27H52O11S.Na/c1-2-3-4-5-6-7-8-9-10-11-12-13-14-15-16-17-23(29)36-18-21(28)19-37-27-26(32)25(31)24(30)22(38-27)20-39(33,34)35;/h21-22,24-28,30-32H,2-20H2,1H3,(H,33,34,35);/q;+1/p-1/t21?,22-,24-,25+,26-,27+;/m1./s1. The van der Waals surface area contributed by atoms with E-state index in [-0.39, 0.29) is 42.6 Å². The van der Waals surface area contributed by atoms with Crippen LogP contribution in [0.1, 0.15) is 110 Å². The summed E-state index contributed by atoms with van der Waals surface area (Å²) in [5.41, 5.74) is 0. The minimum Gasteiger partial charge on any atom is -0.748 e. The van der Waals surface area contributed by atoms with Crippen molar-refractivity contribution in [2.24, 2.45) is 0 Å². The van der Waals surface area contributed by atoms with E-state index in [1.165, 1.54) is 70.6 Å². The molecule has 13 heteroatoms. The third-order valence-corrected chi connectivity index (χ3v) is 7.65. The molecular weight excluding hydrogens is 555 g/mol. The molecule has 0 bridgehead atoms. The average Bonchev–Trinajstić information content (AvgIpc) is 2.88. The molecule has 1 aliphatic heterocycles. The van der Waals surface area contributed by atoms with Crippen LogP contribution in [0.25, 0.3) is 0 Å². The first kappa shape index (κ1) is 40.1. The number of carbonyl (C=O) groups is 1. The summed E-state index contributed by atoms with van der Waals surface area (Å²) >= 11 is 0. The fourth-order valence-electron chi connectivity index (χ4n) is 4.55. The van der Waals surface area contributed by atoms with E-state index in [4.69, 9.17) is 14.2 Å². The molecule has 6 atom stereocenters. The summed E-state index contributed by atoms with van der Waals surface area (Å²) in [7, 11) is -4.78. The molecule has 4 N–H and O–H groups in total. The zero-order valence-electron chi connectivity index (χ0n) is 24.5. The second-order valence-corrected chi connectivity index (χ2v) is 12.1. The average molecular weight is 607 g/mol. The molecule has 0 aromatic carbocycles. The summed E-state index contributed by atoms with van der Waals surface area (Å²) < 4.78 is 48.2. The third-order valence-electron chi connectivity index (χ3n) is 6.91. The van der Waals surface area contributed by atoms with Crippen molar-refractivity contribution in [1.29, 1.82) is 0 Å². The van der Waals surface area contributed by atoms with Crippen LogP contribution in [0.3, 0.4) is 0 Å². The summed E-state index contributed by atoms with van der Waals surface area (Å²) in [4.78, 5) is 11.9. The van der Waals surface area contributed by atoms with Crippen molar-refractivity contribution < 1.29 is 82.0 Å². The Morgan fingerprint density at radius 2 is 1.27 bits per heavy atom. The molecule has 0 spiro atoms. The molecular formula is C27H51NaO11S. The number of unbranched alkanes of at least 4 members (excludes halogenated alkanes) is 14. The second-order valence-electron chi connectivity index (χ2n) is 10.6. The van der Waals surface area contributed by atoms with Gasteiger partial charge in [0, 0.05) is 6.42 Å². The second kappa shape index (κ2) is 23.6. The Morgan fingerprint density at radius 1 is 0.800 bits per heavy atom. The predicted octanol–water partition coefficient (Wildman–Crippen LogP) is -0.475. The fourth-order valence-corrected chi connectivity index (χ4v) is 5.23. The summed E-state index contributed by atoms with van der Waals surface area (Å²) in [6.07, 6.45) is 8.82. The normalized spacial score (nSPS) is 23.9. The van der Waals surface area contributed by atoms with E-state index in [9.17, 15) is 38.2 Å². The summed E-state index contributed by atoms with van der Waals surface area (Å²) in [6, 6.07) is 0. The van der Waals surface area contributed by atoms with Gasteiger partial charge in [-0.3, -0.25) is 4.79 Å². The molecule has 0 aromatic heterocycles. The van der Waals surface area contributed by atoms with Crippen LogP contribution in [0.2, 0.25) is 0 Å². The van der Waals surface area contributed by atoms with E-state index >= 15 is 0 Å². The van der Waals surface area contributed by atoms with Gasteiger partial charge in [0.2, 0.25) is 0 Å². The Balaban J connectivity index is 0.0000152. The van der Waals surface area contributed by atoms with Gasteiger partial charge in [0.1, 0.15) is 37.1 Å². The van der Waals surface area contributed by atoms with Crippen molar-refractivity contribution in [2.75, 3.05) is 19.0 Å². The maximum Gasteiger partial charge on any atom is 1.00 e. The molecule has 40 heavy (non-hydrogen) atoms. The SMILES string of the molecule is CCCCCCCCCCCCCCCCCC(=O)OCC(O)CO[C@H]1O[C@H](CS(=O)(=O)[O-])[C@@H](O)[C@H](O)[C@H]1O.[Na+]. The number of carbonyl (C=O) groups excluding carboxylic acids is 1. The Labute approximate surface area is 262 Å². The van der Waals surface area contributed by atoms with Crippen LogP contribution in [0, 0.1) is 0 Å². The van der Waals surface area contributed by atoms with Crippen LogP contribution in [-0.4, -0.2) is 95.1 Å². The Hall–Kier alpha value is 0.140. The molecule has 1 unspecified atom stereocenters. The monoisotopic (exact) mass is 606 g/mol. The molecule has 1 aliphatic rings. The van der Waals surface area contributed by atoms with Crippen LogP contribution >= 0.6 is 0 Å². The van der Waals surface area contributed by atoms with Gasteiger partial charge in [-0.05, 0) is 6.42 Å². The van der Waals surface area contributed by atoms with Gasteiger partial charge >= 0.3 is 35.5 Å². The molecule has 11 nitrogen and oxygen atoms in total. The van der Waals surface area contributed by atoms with E-state index in [1.54, 1.807) is 0 Å². The van der Waals surface area contributed by atoms with E-state index in [0.717, 1.165) is 19.3 Å². The minimum absolute atomic E-state index is 0. The van der Waals surface area contributed by atoms with Crippen LogP contribution in [0.15, 0.2) is 0 Å². The van der Waals surface area contributed by atoms with E-state index in [0.29, 0.717) is 6.42 Å². The largest absolute Gasteiger partial charge is 1.00 e. The van der Waals surface area contributed by atoms with Crippen LogP contribution in [0.4, 0.5) is 0 Å². The fraction of sp³-hybridized carbons (Fsp3) is 0.963. The molecule has 0 aliphatic carbocycles. The van der Waals surface area contributed by atoms with Crippen molar-refractivity contribution in [3.05, 3.63) is 0 Å². The number of aliphatic hydroxyl groups is 4. The summed E-state index contributed by atoms with van der Waals surface area (Å²) in [5, 5.41) is 39.6. The number of ether oxygens (including phenoxy) is 3. The quantitative estimate of drug-likeness (QED) is 0.0510. The molecule has 232 valence electrons. The van der Waals surface area contributed by atoms with Gasteiger partial charge in [-0.25, -0.2) is 8.42 Å². The van der Waals surface area contributed by atoms with Crippen LogP contribution in [0.5, 0.6) is 0 Å². The van der Waals surface area contributed by atoms with Crippen LogP contribution < -0.4 is 29.6 Å². The van der Waals surface area contributed by atoms with Crippen molar-refractivity contribution in [2.45, 2.75) is 146 Å². The maximum absolute atomic E-state index is 11.9. The number of hydrogen-bond acceptors (Lipinski definition) is 11. The minimum atomic E-state index is -4.78. The van der Waals surface area contributed by atoms with Gasteiger partial charge in [0.25, 0.3) is 0 Å². The van der Waals surface area contributed by atoms with Gasteiger partial charge in [0.15, 0.2) is 6.29 Å². The number of esters is 1. The first-order valence-corrected chi connectivity index (χ1v) is 16.2. The zero-order valence-corrected chi connectivity index (χ0v) is 27.3. The zero-order chi connectivity index (χ0) is 29.1. The Kier molecular flexibility index (Phi) is 23.7. The van der Waals surface area contributed by atoms with Crippen molar-refractivity contribution in [3.8, 4) is 0 Å². The molecule has 1 fully saturated rings. The Morgan fingerprint density at radius 3 is 1.75 bits per heavy atom. The van der Waals surface area contributed by atoms with Gasteiger partial charge in [-0.15, -0.1) is 0 Å². The van der Waals surface area contributed by atoms with Crippen molar-refractivity contribution in [1.82, 2.24) is 0 Å². The summed E-state index contributed by atoms with van der Waals surface area (Å²) in [6.45, 7) is 1.42. The number of aliphatic hydroxyl groups excluding tert-OH is 4. The number of rotatable bonds is 23. The van der Waals surface area contributed by atoms with E-state index < -0.39 is 65.3 Å². The molecule has 0 radical (unpaired) electrons. The first-order valence-electron chi connectivity index (χ1n) is 14.6. The molecule has 0 amide bonds. The van der Waals surface area contributed by atoms with Crippen LogP contribution in [-0.2, 0) is 29.1 Å². The molecule has 0 aromatic rings. The van der Waals surface area contributed by atoms with Crippen molar-refractivity contribution in [3.63, 3.8) is 0 Å².